The van der Waals surface area contributed by atoms with E-state index in [2.05, 4.69) is 30.3 Å². The molecule has 11 nitrogen and oxygen atoms in total. The van der Waals surface area contributed by atoms with Gasteiger partial charge in [0.15, 0.2) is 29.2 Å². The van der Waals surface area contributed by atoms with E-state index in [-0.39, 0.29) is 28.4 Å². The molecule has 17 heteroatoms. The lowest BCUT2D eigenvalue weighted by atomic mass is 10.2. The van der Waals surface area contributed by atoms with E-state index in [4.69, 9.17) is 23.2 Å². The maximum atomic E-state index is 14.9. The van der Waals surface area contributed by atoms with Crippen LogP contribution in [0.4, 0.5) is 23.2 Å². The molecule has 0 saturated carbocycles. The average Bonchev–Trinajstić information content (AvgIpc) is 3.24. The van der Waals surface area contributed by atoms with Gasteiger partial charge in [0.05, 0.1) is 0 Å². The zero-order valence-electron chi connectivity index (χ0n) is 16.4. The molecule has 0 aliphatic carbocycles. The van der Waals surface area contributed by atoms with Crippen molar-refractivity contribution in [3.05, 3.63) is 44.1 Å². The van der Waals surface area contributed by atoms with E-state index in [1.54, 1.807) is 6.92 Å². The molecule has 3 rings (SSSR count). The fraction of sp³-hybridized carbons (Fsp3) is 0.312. The van der Waals surface area contributed by atoms with Crippen molar-refractivity contribution < 1.29 is 32.2 Å². The molecule has 3 heterocycles. The van der Waals surface area contributed by atoms with Crippen LogP contribution in [0.15, 0.2) is 10.9 Å². The second kappa shape index (κ2) is 9.36. The van der Waals surface area contributed by atoms with Crippen molar-refractivity contribution in [2.45, 2.75) is 26.3 Å². The molecule has 0 spiro atoms. The minimum absolute atomic E-state index is 0.0560. The molecule has 33 heavy (non-hydrogen) atoms. The SMILES string of the molecule is CCn1c(CO)nn(-c2nc(OCC(F)(F)F)c(C(=O)Nc3c(Cl)n[nH]c3Cl)cc2F)c1=O. The Morgan fingerprint density at radius 3 is 2.58 bits per heavy atom. The predicted octanol–water partition coefficient (Wildman–Crippen LogP) is 2.30. The number of anilines is 1. The molecule has 178 valence electrons. The largest absolute Gasteiger partial charge is 0.467 e. The topological polar surface area (TPSA) is 140 Å². The Hall–Kier alpha value is -3.17. The summed E-state index contributed by atoms with van der Waals surface area (Å²) in [5.41, 5.74) is -1.91. The highest BCUT2D eigenvalue weighted by Crippen LogP contribution is 2.29. The summed E-state index contributed by atoms with van der Waals surface area (Å²) in [6.07, 6.45) is -4.83. The van der Waals surface area contributed by atoms with Gasteiger partial charge in [0.1, 0.15) is 23.0 Å². The van der Waals surface area contributed by atoms with Crippen molar-refractivity contribution in [2.75, 3.05) is 11.9 Å². The zero-order valence-corrected chi connectivity index (χ0v) is 17.9. The van der Waals surface area contributed by atoms with Crippen LogP contribution in [-0.4, -0.2) is 53.3 Å². The number of carbonyl (C=O) groups excluding carboxylic acids is 1. The second-order valence-electron chi connectivity index (χ2n) is 6.22. The van der Waals surface area contributed by atoms with Crippen molar-refractivity contribution in [1.29, 1.82) is 0 Å². The summed E-state index contributed by atoms with van der Waals surface area (Å²) in [6, 6.07) is 0.501. The number of aromatic amines is 1. The molecule has 0 radical (unpaired) electrons. The Bertz CT molecular complexity index is 1240. The fourth-order valence-corrected chi connectivity index (χ4v) is 3.04. The predicted molar refractivity (Wildman–Crippen MR) is 105 cm³/mol. The summed E-state index contributed by atoms with van der Waals surface area (Å²) < 4.78 is 59.0. The van der Waals surface area contributed by atoms with Gasteiger partial charge in [-0.25, -0.2) is 9.18 Å². The molecule has 0 bridgehead atoms. The number of aliphatic hydroxyl groups excluding tert-OH is 1. The Morgan fingerprint density at radius 2 is 2.06 bits per heavy atom. The summed E-state index contributed by atoms with van der Waals surface area (Å²) >= 11 is 11.5. The van der Waals surface area contributed by atoms with Gasteiger partial charge in [-0.15, -0.1) is 5.10 Å². The first-order chi connectivity index (χ1) is 15.5. The molecule has 0 aliphatic heterocycles. The van der Waals surface area contributed by atoms with Crippen LogP contribution in [0.2, 0.25) is 10.3 Å². The quantitative estimate of drug-likeness (QED) is 0.411. The number of aromatic nitrogens is 6. The van der Waals surface area contributed by atoms with Gasteiger partial charge >= 0.3 is 11.9 Å². The molecular weight excluding hydrogens is 501 g/mol. The lowest BCUT2D eigenvalue weighted by Gasteiger charge is -2.14. The third-order valence-corrected chi connectivity index (χ3v) is 4.60. The molecule has 3 aromatic rings. The minimum atomic E-state index is -4.83. The van der Waals surface area contributed by atoms with Crippen molar-refractivity contribution >= 4 is 34.8 Å². The molecule has 0 saturated heterocycles. The lowest BCUT2D eigenvalue weighted by molar-refractivity contribution is -0.154. The van der Waals surface area contributed by atoms with Gasteiger partial charge < -0.3 is 15.2 Å². The Balaban J connectivity index is 2.11. The van der Waals surface area contributed by atoms with E-state index in [0.29, 0.717) is 10.7 Å². The van der Waals surface area contributed by atoms with Crippen LogP contribution >= 0.6 is 23.2 Å². The van der Waals surface area contributed by atoms with Gasteiger partial charge in [-0.2, -0.15) is 27.9 Å². The highest BCUT2D eigenvalue weighted by atomic mass is 35.5. The standard InChI is InChI=1S/C16H13Cl2F4N7O4/c1-2-28-8(4-30)27-29(15(28)32)12-7(19)3-6(14(24-12)33-5-16(20,21)22)13(31)23-9-10(17)25-26-11(9)18/h3,30H,2,4-5H2,1H3,(H,23,31)(H,25,26). The summed E-state index contributed by atoms with van der Waals surface area (Å²) in [6.45, 7) is -0.950. The molecular formula is C16H13Cl2F4N7O4. The molecule has 0 aromatic carbocycles. The number of ether oxygens (including phenoxy) is 1. The number of carbonyl (C=O) groups is 1. The molecule has 3 aromatic heterocycles. The van der Waals surface area contributed by atoms with Crippen LogP contribution < -0.4 is 15.7 Å². The third kappa shape index (κ3) is 5.09. The summed E-state index contributed by atoms with van der Waals surface area (Å²) in [5, 5.41) is 20.5. The van der Waals surface area contributed by atoms with Crippen LogP contribution in [0, 0.1) is 5.82 Å². The van der Waals surface area contributed by atoms with Crippen LogP contribution in [0.5, 0.6) is 5.88 Å². The Labute approximate surface area is 190 Å². The first kappa shape index (κ1) is 24.5. The van der Waals surface area contributed by atoms with E-state index < -0.39 is 54.1 Å². The molecule has 3 N–H and O–H groups in total. The number of hydrogen-bond donors (Lipinski definition) is 3. The number of nitrogens with zero attached hydrogens (tertiary/aromatic N) is 5. The summed E-state index contributed by atoms with van der Waals surface area (Å²) in [4.78, 5) is 28.7. The van der Waals surface area contributed by atoms with E-state index in [9.17, 15) is 32.3 Å². The van der Waals surface area contributed by atoms with Crippen LogP contribution in [0.3, 0.4) is 0 Å². The van der Waals surface area contributed by atoms with E-state index in [1.807, 2.05) is 0 Å². The first-order valence-electron chi connectivity index (χ1n) is 8.87. The highest BCUT2D eigenvalue weighted by molar-refractivity contribution is 6.38. The first-order valence-corrected chi connectivity index (χ1v) is 9.63. The summed E-state index contributed by atoms with van der Waals surface area (Å²) in [5.74, 6) is -4.43. The number of alkyl halides is 3. The third-order valence-electron chi connectivity index (χ3n) is 4.05. The highest BCUT2D eigenvalue weighted by Gasteiger charge is 2.31. The maximum Gasteiger partial charge on any atom is 0.422 e. The van der Waals surface area contributed by atoms with Crippen LogP contribution in [0.1, 0.15) is 23.1 Å². The van der Waals surface area contributed by atoms with Gasteiger partial charge in [0.25, 0.3) is 5.91 Å². The molecule has 0 fully saturated rings. The number of nitrogens with one attached hydrogen (secondary N) is 2. The van der Waals surface area contributed by atoms with Crippen molar-refractivity contribution in [3.8, 4) is 11.7 Å². The maximum absolute atomic E-state index is 14.9. The Kier molecular flexibility index (Phi) is 6.94. The van der Waals surface area contributed by atoms with Crippen LogP contribution in [0.25, 0.3) is 5.82 Å². The van der Waals surface area contributed by atoms with Crippen molar-refractivity contribution in [1.82, 2.24) is 29.5 Å². The van der Waals surface area contributed by atoms with Gasteiger partial charge in [-0.1, -0.05) is 23.2 Å². The number of halogens is 6. The van der Waals surface area contributed by atoms with Gasteiger partial charge in [0.2, 0.25) is 5.88 Å². The summed E-state index contributed by atoms with van der Waals surface area (Å²) in [7, 11) is 0. The van der Waals surface area contributed by atoms with E-state index in [1.165, 1.54) is 0 Å². The van der Waals surface area contributed by atoms with Crippen molar-refractivity contribution in [3.63, 3.8) is 0 Å². The number of aliphatic hydroxyl groups is 1. The molecule has 0 aliphatic rings. The van der Waals surface area contributed by atoms with Gasteiger partial charge in [-0.05, 0) is 13.0 Å². The van der Waals surface area contributed by atoms with E-state index in [0.717, 1.165) is 4.57 Å². The Morgan fingerprint density at radius 1 is 1.36 bits per heavy atom. The normalized spacial score (nSPS) is 11.6. The molecule has 0 atom stereocenters. The number of rotatable bonds is 7. The van der Waals surface area contributed by atoms with Gasteiger partial charge in [-0.3, -0.25) is 14.5 Å². The second-order valence-corrected chi connectivity index (χ2v) is 6.96. The van der Waals surface area contributed by atoms with Gasteiger partial charge in [0, 0.05) is 6.54 Å². The number of pyridine rings is 1. The van der Waals surface area contributed by atoms with E-state index >= 15 is 0 Å². The number of hydrogen-bond acceptors (Lipinski definition) is 7. The number of amides is 1. The smallest absolute Gasteiger partial charge is 0.422 e. The average molecular weight is 514 g/mol. The zero-order chi connectivity index (χ0) is 24.5. The fourth-order valence-electron chi connectivity index (χ4n) is 2.63. The monoisotopic (exact) mass is 513 g/mol. The molecule has 1 amide bonds. The minimum Gasteiger partial charge on any atom is -0.467 e. The molecule has 0 unspecified atom stereocenters. The lowest BCUT2D eigenvalue weighted by Crippen LogP contribution is -2.27. The van der Waals surface area contributed by atoms with Crippen molar-refractivity contribution in [2.24, 2.45) is 0 Å². The van der Waals surface area contributed by atoms with Crippen LogP contribution in [-0.2, 0) is 13.2 Å². The number of H-pyrrole nitrogens is 1.